The van der Waals surface area contributed by atoms with Crippen LogP contribution in [0.5, 0.6) is 0 Å². The number of ether oxygens (including phenoxy) is 1. The summed E-state index contributed by atoms with van der Waals surface area (Å²) in [4.78, 5) is 40.1. The van der Waals surface area contributed by atoms with E-state index in [9.17, 15) is 18.8 Å². The van der Waals surface area contributed by atoms with Gasteiger partial charge in [0.05, 0.1) is 28.3 Å². The molecule has 0 aromatic heterocycles. The second-order valence-electron chi connectivity index (χ2n) is 9.29. The summed E-state index contributed by atoms with van der Waals surface area (Å²) in [5, 5.41) is 5.10. The Labute approximate surface area is 216 Å². The number of halogens is 2. The average Bonchev–Trinajstić information content (AvgIpc) is 2.82. The zero-order valence-electron chi connectivity index (χ0n) is 21.1. The normalized spacial score (nSPS) is 14.8. The Kier molecular flexibility index (Phi) is 9.08. The first-order chi connectivity index (χ1) is 17.1. The van der Waals surface area contributed by atoms with Crippen LogP contribution in [0, 0.1) is 5.82 Å². The zero-order chi connectivity index (χ0) is 26.5. The lowest BCUT2D eigenvalue weighted by atomic mass is 9.69. The number of esters is 1. The van der Waals surface area contributed by atoms with Gasteiger partial charge in [0.2, 0.25) is 5.91 Å². The molecule has 0 unspecified atom stereocenters. The molecule has 9 heteroatoms. The molecule has 0 atom stereocenters. The second kappa shape index (κ2) is 11.8. The lowest BCUT2D eigenvalue weighted by Gasteiger charge is -2.50. The fourth-order valence-corrected chi connectivity index (χ4v) is 4.81. The van der Waals surface area contributed by atoms with Gasteiger partial charge < -0.3 is 20.3 Å². The van der Waals surface area contributed by atoms with Crippen molar-refractivity contribution in [2.75, 3.05) is 38.6 Å². The van der Waals surface area contributed by atoms with Crippen LogP contribution < -0.4 is 10.6 Å². The Morgan fingerprint density at radius 1 is 1.19 bits per heavy atom. The van der Waals surface area contributed by atoms with E-state index in [0.29, 0.717) is 39.1 Å². The number of benzene rings is 2. The van der Waals surface area contributed by atoms with Gasteiger partial charge >= 0.3 is 5.97 Å². The third-order valence-electron chi connectivity index (χ3n) is 6.46. The third-order valence-corrected chi connectivity index (χ3v) is 6.75. The lowest BCUT2D eigenvalue weighted by molar-refractivity contribution is -0.143. The van der Waals surface area contributed by atoms with Gasteiger partial charge in [-0.05, 0) is 49.1 Å². The Bertz CT molecular complexity index is 1130. The topological polar surface area (TPSA) is 87.7 Å². The number of nitrogens with one attached hydrogen (secondary N) is 2. The standard InChI is InChI=1S/C27H33ClFN3O4/c1-5-36-24(33)11-8-12-32-15-27(16-32,20-10-7-6-9-18(20)17(2)3)26(35)31-23-14-22(29)21(28)13-19(23)25(34)30-4/h6-7,9-10,13-14,17H,5,8,11-12,15-16H2,1-4H3,(H,30,34)(H,31,35). The van der Waals surface area contributed by atoms with E-state index in [0.717, 1.165) is 17.2 Å². The summed E-state index contributed by atoms with van der Waals surface area (Å²) in [7, 11) is 1.45. The van der Waals surface area contributed by atoms with Crippen LogP contribution in [0.1, 0.15) is 61.0 Å². The molecule has 0 spiro atoms. The molecule has 1 aliphatic heterocycles. The molecule has 194 valence electrons. The van der Waals surface area contributed by atoms with Gasteiger partial charge in [-0.25, -0.2) is 4.39 Å². The zero-order valence-corrected chi connectivity index (χ0v) is 21.9. The van der Waals surface area contributed by atoms with Crippen LogP contribution in [-0.2, 0) is 19.7 Å². The van der Waals surface area contributed by atoms with Crippen LogP contribution >= 0.6 is 11.6 Å². The van der Waals surface area contributed by atoms with Gasteiger partial charge in [-0.1, -0.05) is 49.7 Å². The molecule has 0 radical (unpaired) electrons. The van der Waals surface area contributed by atoms with Gasteiger partial charge in [-0.2, -0.15) is 0 Å². The maximum Gasteiger partial charge on any atom is 0.305 e. The van der Waals surface area contributed by atoms with Crippen LogP contribution in [0.3, 0.4) is 0 Å². The molecule has 1 saturated heterocycles. The Hall–Kier alpha value is -2.97. The molecule has 0 bridgehead atoms. The van der Waals surface area contributed by atoms with Crippen molar-refractivity contribution in [2.45, 2.75) is 44.9 Å². The molecule has 1 heterocycles. The van der Waals surface area contributed by atoms with Crippen molar-refractivity contribution in [3.8, 4) is 0 Å². The van der Waals surface area contributed by atoms with Crippen molar-refractivity contribution < 1.29 is 23.5 Å². The molecule has 1 aliphatic rings. The van der Waals surface area contributed by atoms with E-state index in [1.165, 1.54) is 13.1 Å². The summed E-state index contributed by atoms with van der Waals surface area (Å²) in [6, 6.07) is 10.1. The summed E-state index contributed by atoms with van der Waals surface area (Å²) in [5.74, 6) is -1.61. The monoisotopic (exact) mass is 517 g/mol. The number of likely N-dealkylation sites (tertiary alicyclic amines) is 1. The van der Waals surface area contributed by atoms with Gasteiger partial charge in [0.1, 0.15) is 5.82 Å². The lowest BCUT2D eigenvalue weighted by Crippen LogP contribution is -2.65. The summed E-state index contributed by atoms with van der Waals surface area (Å²) in [6.45, 7) is 7.75. The molecule has 2 N–H and O–H groups in total. The molecule has 3 rings (SSSR count). The van der Waals surface area contributed by atoms with Gasteiger partial charge in [-0.15, -0.1) is 0 Å². The molecule has 7 nitrogen and oxygen atoms in total. The summed E-state index contributed by atoms with van der Waals surface area (Å²) >= 11 is 5.91. The molecule has 0 aliphatic carbocycles. The van der Waals surface area contributed by atoms with Crippen molar-refractivity contribution in [3.63, 3.8) is 0 Å². The van der Waals surface area contributed by atoms with Crippen molar-refractivity contribution in [1.82, 2.24) is 10.2 Å². The van der Waals surface area contributed by atoms with Gasteiger partial charge in [0.15, 0.2) is 0 Å². The number of carbonyl (C=O) groups excluding carboxylic acids is 3. The SMILES string of the molecule is CCOC(=O)CCCN1CC(C(=O)Nc2cc(F)c(Cl)cc2C(=O)NC)(c2ccccc2C(C)C)C1. The van der Waals surface area contributed by atoms with E-state index in [1.807, 2.05) is 24.3 Å². The molecule has 0 saturated carbocycles. The number of amides is 2. The van der Waals surface area contributed by atoms with E-state index in [1.54, 1.807) is 6.92 Å². The Morgan fingerprint density at radius 3 is 2.53 bits per heavy atom. The number of hydrogen-bond acceptors (Lipinski definition) is 5. The number of rotatable bonds is 10. The summed E-state index contributed by atoms with van der Waals surface area (Å²) in [6.07, 6.45) is 0.928. The fraction of sp³-hybridized carbons (Fsp3) is 0.444. The Morgan fingerprint density at radius 2 is 1.89 bits per heavy atom. The van der Waals surface area contributed by atoms with Crippen LogP contribution in [0.4, 0.5) is 10.1 Å². The maximum atomic E-state index is 14.3. The number of nitrogens with zero attached hydrogens (tertiary/aromatic N) is 1. The fourth-order valence-electron chi connectivity index (χ4n) is 4.64. The third kappa shape index (κ3) is 5.87. The predicted octanol–water partition coefficient (Wildman–Crippen LogP) is 4.50. The number of carbonyl (C=O) groups is 3. The average molecular weight is 518 g/mol. The molecule has 2 amide bonds. The van der Waals surface area contributed by atoms with Crippen LogP contribution in [0.25, 0.3) is 0 Å². The van der Waals surface area contributed by atoms with Crippen LogP contribution in [-0.4, -0.2) is 56.0 Å². The first-order valence-corrected chi connectivity index (χ1v) is 12.5. The van der Waals surface area contributed by atoms with Crippen molar-refractivity contribution >= 4 is 35.1 Å². The van der Waals surface area contributed by atoms with Crippen molar-refractivity contribution in [1.29, 1.82) is 0 Å². The molecular weight excluding hydrogens is 485 g/mol. The predicted molar refractivity (Wildman–Crippen MR) is 138 cm³/mol. The van der Waals surface area contributed by atoms with Gasteiger partial charge in [0.25, 0.3) is 5.91 Å². The minimum atomic E-state index is -0.902. The second-order valence-corrected chi connectivity index (χ2v) is 9.70. The summed E-state index contributed by atoms with van der Waals surface area (Å²) in [5.41, 5.74) is 1.18. The highest BCUT2D eigenvalue weighted by Gasteiger charge is 2.51. The highest BCUT2D eigenvalue weighted by atomic mass is 35.5. The Balaban J connectivity index is 1.90. The van der Waals surface area contributed by atoms with Gasteiger partial charge in [0, 0.05) is 26.6 Å². The van der Waals surface area contributed by atoms with Crippen LogP contribution in [0.15, 0.2) is 36.4 Å². The smallest absolute Gasteiger partial charge is 0.305 e. The molecule has 1 fully saturated rings. The maximum absolute atomic E-state index is 14.3. The molecule has 2 aromatic carbocycles. The van der Waals surface area contributed by atoms with E-state index in [-0.39, 0.29) is 34.1 Å². The van der Waals surface area contributed by atoms with E-state index in [2.05, 4.69) is 29.4 Å². The first-order valence-electron chi connectivity index (χ1n) is 12.1. The largest absolute Gasteiger partial charge is 0.466 e. The first kappa shape index (κ1) is 27.6. The highest BCUT2D eigenvalue weighted by molar-refractivity contribution is 6.31. The number of anilines is 1. The molecule has 36 heavy (non-hydrogen) atoms. The number of hydrogen-bond donors (Lipinski definition) is 2. The van der Waals surface area contributed by atoms with E-state index >= 15 is 0 Å². The van der Waals surface area contributed by atoms with Crippen LogP contribution in [0.2, 0.25) is 5.02 Å². The van der Waals surface area contributed by atoms with Crippen molar-refractivity contribution in [2.24, 2.45) is 0 Å². The minimum Gasteiger partial charge on any atom is -0.466 e. The van der Waals surface area contributed by atoms with E-state index in [4.69, 9.17) is 16.3 Å². The minimum absolute atomic E-state index is 0.0587. The molecular formula is C27H33ClFN3O4. The van der Waals surface area contributed by atoms with Gasteiger partial charge in [-0.3, -0.25) is 14.4 Å². The van der Waals surface area contributed by atoms with Crippen molar-refractivity contribution in [3.05, 3.63) is 63.9 Å². The molecule has 2 aromatic rings. The quantitative estimate of drug-likeness (QED) is 0.453. The highest BCUT2D eigenvalue weighted by Crippen LogP contribution is 2.40. The summed E-state index contributed by atoms with van der Waals surface area (Å²) < 4.78 is 19.3. The van der Waals surface area contributed by atoms with E-state index < -0.39 is 17.1 Å².